The van der Waals surface area contributed by atoms with E-state index in [2.05, 4.69) is 4.74 Å². The number of carbonyl (C=O) groups is 1. The number of rotatable bonds is 4. The highest BCUT2D eigenvalue weighted by Gasteiger charge is 2.15. The molecule has 0 aliphatic carbocycles. The number of hydrogen-bond acceptors (Lipinski definition) is 3. The molecule has 0 saturated heterocycles. The molecule has 0 radical (unpaired) electrons. The average Bonchev–Trinajstić information content (AvgIpc) is 2.28. The van der Waals surface area contributed by atoms with Crippen molar-refractivity contribution in [2.45, 2.75) is 20.3 Å². The van der Waals surface area contributed by atoms with E-state index in [1.807, 2.05) is 0 Å². The Morgan fingerprint density at radius 1 is 1.35 bits per heavy atom. The van der Waals surface area contributed by atoms with Crippen LogP contribution in [0.1, 0.15) is 21.5 Å². The van der Waals surface area contributed by atoms with Gasteiger partial charge >= 0.3 is 5.97 Å². The smallest absolute Gasteiger partial charge is 0.338 e. The molecule has 0 amide bonds. The Bertz CT molecular complexity index is 416. The summed E-state index contributed by atoms with van der Waals surface area (Å²) in [6.07, 6.45) is -2.54. The molecule has 0 aliphatic rings. The zero-order chi connectivity index (χ0) is 13.0. The van der Waals surface area contributed by atoms with Crippen LogP contribution in [0.5, 0.6) is 5.75 Å². The number of alkyl halides is 2. The van der Waals surface area contributed by atoms with Gasteiger partial charge in [-0.2, -0.15) is 0 Å². The minimum absolute atomic E-state index is 0.283. The van der Waals surface area contributed by atoms with Crippen molar-refractivity contribution in [3.8, 4) is 5.75 Å². The maximum atomic E-state index is 12.1. The summed E-state index contributed by atoms with van der Waals surface area (Å²) in [5, 5.41) is 0. The highest BCUT2D eigenvalue weighted by Crippen LogP contribution is 2.24. The number of halogens is 2. The standard InChI is InChI=1S/C12H14F2O3/c1-7-4-9(12(15)16-3)8(2)10(5-7)17-6-11(13)14/h4-5,11H,6H2,1-3H3. The second kappa shape index (κ2) is 5.61. The van der Waals surface area contributed by atoms with Crippen LogP contribution in [0.25, 0.3) is 0 Å². The largest absolute Gasteiger partial charge is 0.487 e. The third-order valence-corrected chi connectivity index (χ3v) is 2.27. The Kier molecular flexibility index (Phi) is 4.43. The summed E-state index contributed by atoms with van der Waals surface area (Å²) in [7, 11) is 1.27. The van der Waals surface area contributed by atoms with Crippen LogP contribution in [-0.4, -0.2) is 26.1 Å². The fraction of sp³-hybridized carbons (Fsp3) is 0.417. The van der Waals surface area contributed by atoms with Gasteiger partial charge < -0.3 is 9.47 Å². The number of benzene rings is 1. The normalized spacial score (nSPS) is 10.5. The molecule has 3 nitrogen and oxygen atoms in total. The van der Waals surface area contributed by atoms with Gasteiger partial charge in [0.25, 0.3) is 6.43 Å². The van der Waals surface area contributed by atoms with Gasteiger partial charge in [0.15, 0.2) is 0 Å². The van der Waals surface area contributed by atoms with E-state index in [4.69, 9.17) is 4.74 Å². The second-order valence-electron chi connectivity index (χ2n) is 3.63. The Balaban J connectivity index is 3.05. The molecule has 0 aromatic heterocycles. The first-order chi connectivity index (χ1) is 7.95. The van der Waals surface area contributed by atoms with Crippen LogP contribution in [0, 0.1) is 13.8 Å². The lowest BCUT2D eigenvalue weighted by molar-refractivity contribution is 0.0598. The predicted molar refractivity (Wildman–Crippen MR) is 58.8 cm³/mol. The van der Waals surface area contributed by atoms with Gasteiger partial charge in [-0.1, -0.05) is 0 Å². The van der Waals surface area contributed by atoms with Gasteiger partial charge in [-0.05, 0) is 31.5 Å². The van der Waals surface area contributed by atoms with Crippen molar-refractivity contribution in [3.05, 3.63) is 28.8 Å². The molecule has 0 N–H and O–H groups in total. The minimum atomic E-state index is -2.54. The van der Waals surface area contributed by atoms with E-state index in [1.165, 1.54) is 7.11 Å². The summed E-state index contributed by atoms with van der Waals surface area (Å²) >= 11 is 0. The topological polar surface area (TPSA) is 35.5 Å². The SMILES string of the molecule is COC(=O)c1cc(C)cc(OCC(F)F)c1C. The Hall–Kier alpha value is -1.65. The van der Waals surface area contributed by atoms with Crippen molar-refractivity contribution in [1.82, 2.24) is 0 Å². The van der Waals surface area contributed by atoms with E-state index in [-0.39, 0.29) is 5.75 Å². The van der Waals surface area contributed by atoms with E-state index >= 15 is 0 Å². The molecule has 94 valence electrons. The van der Waals surface area contributed by atoms with E-state index in [9.17, 15) is 13.6 Å². The molecule has 0 aliphatic heterocycles. The van der Waals surface area contributed by atoms with Crippen LogP contribution in [0.15, 0.2) is 12.1 Å². The van der Waals surface area contributed by atoms with Crippen LogP contribution in [0.4, 0.5) is 8.78 Å². The molecule has 0 atom stereocenters. The highest BCUT2D eigenvalue weighted by atomic mass is 19.3. The van der Waals surface area contributed by atoms with Gasteiger partial charge in [-0.15, -0.1) is 0 Å². The molecular formula is C12H14F2O3. The molecule has 1 aromatic carbocycles. The Morgan fingerprint density at radius 3 is 2.53 bits per heavy atom. The fourth-order valence-electron chi connectivity index (χ4n) is 1.45. The quantitative estimate of drug-likeness (QED) is 0.764. The van der Waals surface area contributed by atoms with Crippen LogP contribution in [-0.2, 0) is 4.74 Å². The molecule has 0 heterocycles. The lowest BCUT2D eigenvalue weighted by atomic mass is 10.0. The molecular weight excluding hydrogens is 230 g/mol. The zero-order valence-electron chi connectivity index (χ0n) is 9.92. The van der Waals surface area contributed by atoms with Gasteiger partial charge in [-0.25, -0.2) is 13.6 Å². The monoisotopic (exact) mass is 244 g/mol. The summed E-state index contributed by atoms with van der Waals surface area (Å²) in [4.78, 5) is 11.5. The first-order valence-corrected chi connectivity index (χ1v) is 5.06. The van der Waals surface area contributed by atoms with Crippen molar-refractivity contribution in [1.29, 1.82) is 0 Å². The first-order valence-electron chi connectivity index (χ1n) is 5.06. The molecule has 0 fully saturated rings. The number of ether oxygens (including phenoxy) is 2. The summed E-state index contributed by atoms with van der Waals surface area (Å²) in [5.74, 6) is -0.223. The lowest BCUT2D eigenvalue weighted by Crippen LogP contribution is -2.10. The molecule has 1 aromatic rings. The molecule has 0 saturated carbocycles. The minimum Gasteiger partial charge on any atom is -0.487 e. The van der Waals surface area contributed by atoms with Gasteiger partial charge in [0.1, 0.15) is 12.4 Å². The van der Waals surface area contributed by atoms with Crippen LogP contribution in [0.2, 0.25) is 0 Å². The average molecular weight is 244 g/mol. The summed E-state index contributed by atoms with van der Waals surface area (Å²) in [6, 6.07) is 3.25. The molecule has 1 rings (SSSR count). The number of hydrogen-bond donors (Lipinski definition) is 0. The second-order valence-corrected chi connectivity index (χ2v) is 3.63. The summed E-state index contributed by atoms with van der Waals surface area (Å²) < 4.78 is 33.7. The number of carbonyl (C=O) groups excluding carboxylic acids is 1. The number of aryl methyl sites for hydroxylation is 1. The van der Waals surface area contributed by atoms with E-state index in [1.54, 1.807) is 26.0 Å². The van der Waals surface area contributed by atoms with Crippen molar-refractivity contribution >= 4 is 5.97 Å². The van der Waals surface area contributed by atoms with Crippen molar-refractivity contribution in [3.63, 3.8) is 0 Å². The highest BCUT2D eigenvalue weighted by molar-refractivity contribution is 5.92. The summed E-state index contributed by atoms with van der Waals surface area (Å²) in [6.45, 7) is 2.69. The molecule has 0 bridgehead atoms. The molecule has 0 unspecified atom stereocenters. The zero-order valence-corrected chi connectivity index (χ0v) is 9.92. The number of methoxy groups -OCH3 is 1. The maximum absolute atomic E-state index is 12.1. The fourth-order valence-corrected chi connectivity index (χ4v) is 1.45. The lowest BCUT2D eigenvalue weighted by Gasteiger charge is -2.12. The van der Waals surface area contributed by atoms with E-state index < -0.39 is 19.0 Å². The third-order valence-electron chi connectivity index (χ3n) is 2.27. The Labute approximate surface area is 98.3 Å². The van der Waals surface area contributed by atoms with E-state index in [0.717, 1.165) is 5.56 Å². The first kappa shape index (κ1) is 13.4. The predicted octanol–water partition coefficient (Wildman–Crippen LogP) is 2.73. The third kappa shape index (κ3) is 3.41. The van der Waals surface area contributed by atoms with Gasteiger partial charge in [0.2, 0.25) is 0 Å². The van der Waals surface area contributed by atoms with Gasteiger partial charge in [0, 0.05) is 5.56 Å². The van der Waals surface area contributed by atoms with Crippen molar-refractivity contribution in [2.75, 3.05) is 13.7 Å². The number of esters is 1. The van der Waals surface area contributed by atoms with E-state index in [0.29, 0.717) is 11.1 Å². The molecule has 0 spiro atoms. The van der Waals surface area contributed by atoms with Crippen LogP contribution >= 0.6 is 0 Å². The molecule has 17 heavy (non-hydrogen) atoms. The van der Waals surface area contributed by atoms with Crippen molar-refractivity contribution in [2.24, 2.45) is 0 Å². The van der Waals surface area contributed by atoms with Crippen molar-refractivity contribution < 1.29 is 23.0 Å². The van der Waals surface area contributed by atoms with Crippen LogP contribution < -0.4 is 4.74 Å². The van der Waals surface area contributed by atoms with Crippen LogP contribution in [0.3, 0.4) is 0 Å². The Morgan fingerprint density at radius 2 is 2.00 bits per heavy atom. The van der Waals surface area contributed by atoms with Gasteiger partial charge in [0.05, 0.1) is 12.7 Å². The maximum Gasteiger partial charge on any atom is 0.338 e. The molecule has 5 heteroatoms. The van der Waals surface area contributed by atoms with Gasteiger partial charge in [-0.3, -0.25) is 0 Å². The summed E-state index contributed by atoms with van der Waals surface area (Å²) in [5.41, 5.74) is 1.58.